The lowest BCUT2D eigenvalue weighted by Gasteiger charge is -2.41. The normalized spacial score (nSPS) is 32.6. The van der Waals surface area contributed by atoms with Gasteiger partial charge in [-0.25, -0.2) is 4.79 Å². The smallest absolute Gasteiger partial charge is 0.329 e. The zero-order valence-electron chi connectivity index (χ0n) is 26.2. The SMILES string of the molecule is C=CCCC[C@H](OC(=O)[C@@H]1CCCCN1C(=O)C(=O)[C@@]1(O)CC[C@H](OC)[C@@H](COC)O1)/C(C)=C/[C@@H]1CC[C@@H](O)[C@H](OC)C1. The van der Waals surface area contributed by atoms with E-state index < -0.39 is 53.9 Å². The van der Waals surface area contributed by atoms with Gasteiger partial charge in [-0.05, 0) is 82.6 Å². The number of allylic oxidation sites excluding steroid dienone is 2. The van der Waals surface area contributed by atoms with E-state index in [0.717, 1.165) is 24.8 Å². The molecule has 2 heterocycles. The summed E-state index contributed by atoms with van der Waals surface area (Å²) in [6.45, 7) is 6.00. The van der Waals surface area contributed by atoms with Crippen LogP contribution in [-0.2, 0) is 38.1 Å². The molecule has 3 fully saturated rings. The molecule has 1 aliphatic carbocycles. The first-order valence-electron chi connectivity index (χ1n) is 15.6. The molecule has 0 radical (unpaired) electrons. The summed E-state index contributed by atoms with van der Waals surface area (Å²) in [6, 6.07) is -0.948. The topological polar surface area (TPSA) is 141 Å². The van der Waals surface area contributed by atoms with E-state index >= 15 is 0 Å². The van der Waals surface area contributed by atoms with Crippen molar-refractivity contribution in [1.82, 2.24) is 4.90 Å². The van der Waals surface area contributed by atoms with Gasteiger partial charge < -0.3 is 38.8 Å². The average Bonchev–Trinajstić information content (AvgIpc) is 3.01. The molecule has 0 bridgehead atoms. The molecular weight excluding hydrogens is 558 g/mol. The molecule has 8 atom stereocenters. The molecular formula is C32H51NO10. The molecule has 3 aliphatic rings. The second-order valence-electron chi connectivity index (χ2n) is 12.0. The first-order valence-corrected chi connectivity index (χ1v) is 15.6. The number of aliphatic hydroxyl groups is 2. The summed E-state index contributed by atoms with van der Waals surface area (Å²) < 4.78 is 27.8. The van der Waals surface area contributed by atoms with Crippen molar-refractivity contribution >= 4 is 17.7 Å². The largest absolute Gasteiger partial charge is 0.456 e. The van der Waals surface area contributed by atoms with E-state index in [1.165, 1.54) is 19.1 Å². The Hall–Kier alpha value is -2.15. The van der Waals surface area contributed by atoms with E-state index in [9.17, 15) is 24.6 Å². The molecule has 0 aromatic heterocycles. The number of hydrogen-bond donors (Lipinski definition) is 2. The number of Topliss-reactive ketones (excluding diaryl/α,β-unsaturated/α-hetero) is 1. The van der Waals surface area contributed by atoms with Crippen LogP contribution in [0.3, 0.4) is 0 Å². The molecule has 2 aliphatic heterocycles. The fourth-order valence-corrected chi connectivity index (χ4v) is 6.44. The summed E-state index contributed by atoms with van der Waals surface area (Å²) in [5.41, 5.74) is 0.903. The third-order valence-electron chi connectivity index (χ3n) is 8.99. The van der Waals surface area contributed by atoms with E-state index in [1.54, 1.807) is 7.11 Å². The number of carbonyl (C=O) groups excluding carboxylic acids is 3. The first-order chi connectivity index (χ1) is 20.6. The summed E-state index contributed by atoms with van der Waals surface area (Å²) >= 11 is 0. The van der Waals surface area contributed by atoms with E-state index in [-0.39, 0.29) is 31.6 Å². The van der Waals surface area contributed by atoms with Crippen LogP contribution in [0.1, 0.15) is 77.6 Å². The Bertz CT molecular complexity index is 985. The second kappa shape index (κ2) is 16.8. The van der Waals surface area contributed by atoms with Crippen molar-refractivity contribution in [2.24, 2.45) is 5.92 Å². The zero-order valence-corrected chi connectivity index (χ0v) is 26.2. The quantitative estimate of drug-likeness (QED) is 0.131. The number of ether oxygens (including phenoxy) is 5. The maximum absolute atomic E-state index is 13.6. The number of likely N-dealkylation sites (tertiary alicyclic amines) is 1. The van der Waals surface area contributed by atoms with Gasteiger partial charge in [0.15, 0.2) is 0 Å². The molecule has 11 nitrogen and oxygen atoms in total. The van der Waals surface area contributed by atoms with Gasteiger partial charge in [0.05, 0.1) is 24.9 Å². The van der Waals surface area contributed by atoms with Crippen LogP contribution in [0.25, 0.3) is 0 Å². The van der Waals surface area contributed by atoms with E-state index in [4.69, 9.17) is 23.7 Å². The summed E-state index contributed by atoms with van der Waals surface area (Å²) in [5.74, 6) is -4.79. The predicted molar refractivity (Wildman–Crippen MR) is 158 cm³/mol. The minimum Gasteiger partial charge on any atom is -0.456 e. The van der Waals surface area contributed by atoms with Crippen LogP contribution in [0.5, 0.6) is 0 Å². The Labute approximate surface area is 255 Å². The van der Waals surface area contributed by atoms with Crippen molar-refractivity contribution in [1.29, 1.82) is 0 Å². The Balaban J connectivity index is 1.74. The molecule has 2 N–H and O–H groups in total. The number of nitrogens with zero attached hydrogens (tertiary/aromatic N) is 1. The lowest BCUT2D eigenvalue weighted by Crippen LogP contribution is -2.60. The number of ketones is 1. The van der Waals surface area contributed by atoms with E-state index in [2.05, 4.69) is 12.7 Å². The summed E-state index contributed by atoms with van der Waals surface area (Å²) in [7, 11) is 4.58. The summed E-state index contributed by atoms with van der Waals surface area (Å²) in [4.78, 5) is 41.8. The van der Waals surface area contributed by atoms with Crippen molar-refractivity contribution in [2.75, 3.05) is 34.5 Å². The van der Waals surface area contributed by atoms with Gasteiger partial charge in [-0.2, -0.15) is 0 Å². The van der Waals surface area contributed by atoms with Crippen LogP contribution < -0.4 is 0 Å². The van der Waals surface area contributed by atoms with E-state index in [0.29, 0.717) is 44.9 Å². The van der Waals surface area contributed by atoms with Crippen LogP contribution in [0, 0.1) is 5.92 Å². The van der Waals surface area contributed by atoms with Crippen molar-refractivity contribution < 1.29 is 48.3 Å². The number of esters is 1. The molecule has 2 saturated heterocycles. The van der Waals surface area contributed by atoms with Crippen molar-refractivity contribution in [2.45, 2.75) is 120 Å². The molecule has 1 amide bonds. The van der Waals surface area contributed by atoms with Gasteiger partial charge in [0.25, 0.3) is 11.7 Å². The number of carbonyl (C=O) groups is 3. The third kappa shape index (κ3) is 9.18. The van der Waals surface area contributed by atoms with Gasteiger partial charge in [0, 0.05) is 34.3 Å². The van der Waals surface area contributed by atoms with Crippen LogP contribution >= 0.6 is 0 Å². The number of amides is 1. The van der Waals surface area contributed by atoms with Crippen molar-refractivity contribution in [3.63, 3.8) is 0 Å². The predicted octanol–water partition coefficient (Wildman–Crippen LogP) is 2.86. The molecule has 0 aromatic rings. The molecule has 43 heavy (non-hydrogen) atoms. The van der Waals surface area contributed by atoms with E-state index in [1.807, 2.05) is 13.0 Å². The molecule has 0 spiro atoms. The number of methoxy groups -OCH3 is 3. The minimum atomic E-state index is -2.33. The molecule has 1 saturated carbocycles. The Morgan fingerprint density at radius 1 is 1.09 bits per heavy atom. The fourth-order valence-electron chi connectivity index (χ4n) is 6.44. The van der Waals surface area contributed by atoms with Crippen LogP contribution in [0.4, 0.5) is 0 Å². The standard InChI is InChI=1S/C32H51NO10/c1-6-7-8-12-25(21(2)18-22-13-14-24(34)27(19-22)41-5)42-31(37)23-11-9-10-17-33(23)30(36)29(35)32(38)16-15-26(40-4)28(43-32)20-39-3/h6,18,22-28,34,38H,1,7-17,19-20H2,2-5H3/b21-18+/t22-,23-,24+,25-,26-,27+,28+,32+/m0/s1. The number of hydrogen-bond acceptors (Lipinski definition) is 10. The molecule has 11 heteroatoms. The highest BCUT2D eigenvalue weighted by Crippen LogP contribution is 2.32. The van der Waals surface area contributed by atoms with Gasteiger partial charge in [-0.3, -0.25) is 9.59 Å². The number of rotatable bonds is 14. The molecule has 3 rings (SSSR count). The van der Waals surface area contributed by atoms with Crippen LogP contribution in [0.2, 0.25) is 0 Å². The highest BCUT2D eigenvalue weighted by atomic mass is 16.7. The van der Waals surface area contributed by atoms with Gasteiger partial charge in [-0.15, -0.1) is 6.58 Å². The minimum absolute atomic E-state index is 0.0780. The summed E-state index contributed by atoms with van der Waals surface area (Å²) in [6.07, 6.45) is 7.64. The number of unbranched alkanes of at least 4 members (excludes halogenated alkanes) is 1. The monoisotopic (exact) mass is 609 g/mol. The van der Waals surface area contributed by atoms with Gasteiger partial charge in [0.1, 0.15) is 18.2 Å². The molecule has 0 aromatic carbocycles. The van der Waals surface area contributed by atoms with Gasteiger partial charge in [-0.1, -0.05) is 12.2 Å². The second-order valence-corrected chi connectivity index (χ2v) is 12.0. The molecule has 244 valence electrons. The van der Waals surface area contributed by atoms with Gasteiger partial charge >= 0.3 is 5.97 Å². The highest BCUT2D eigenvalue weighted by Gasteiger charge is 2.51. The van der Waals surface area contributed by atoms with Gasteiger partial charge in [0.2, 0.25) is 5.79 Å². The molecule has 0 unspecified atom stereocenters. The number of piperidine rings is 1. The summed E-state index contributed by atoms with van der Waals surface area (Å²) in [5, 5.41) is 21.3. The zero-order chi connectivity index (χ0) is 31.6. The average molecular weight is 610 g/mol. The Kier molecular flexibility index (Phi) is 13.8. The number of aliphatic hydroxyl groups excluding tert-OH is 1. The van der Waals surface area contributed by atoms with Crippen molar-refractivity contribution in [3.05, 3.63) is 24.3 Å². The van der Waals surface area contributed by atoms with Crippen molar-refractivity contribution in [3.8, 4) is 0 Å². The highest BCUT2D eigenvalue weighted by molar-refractivity contribution is 6.39. The lowest BCUT2D eigenvalue weighted by molar-refractivity contribution is -0.270. The Morgan fingerprint density at radius 2 is 1.84 bits per heavy atom. The Morgan fingerprint density at radius 3 is 2.51 bits per heavy atom. The third-order valence-corrected chi connectivity index (χ3v) is 8.99. The maximum atomic E-state index is 13.6. The first kappa shape index (κ1) is 35.3. The fraction of sp³-hybridized carbons (Fsp3) is 0.781. The van der Waals surface area contributed by atoms with Crippen LogP contribution in [0.15, 0.2) is 24.3 Å². The van der Waals surface area contributed by atoms with Crippen LogP contribution in [-0.4, -0.2) is 110 Å². The lowest BCUT2D eigenvalue weighted by atomic mass is 9.83. The maximum Gasteiger partial charge on any atom is 0.329 e.